The van der Waals surface area contributed by atoms with Crippen molar-refractivity contribution in [3.05, 3.63) is 48.0 Å². The summed E-state index contributed by atoms with van der Waals surface area (Å²) in [5, 5.41) is 22.1. The number of carboxylic acid groups (broad SMARTS) is 1. The zero-order valence-electron chi connectivity index (χ0n) is 20.3. The first-order valence-corrected chi connectivity index (χ1v) is 12.8. The lowest BCUT2D eigenvalue weighted by atomic mass is 9.77. The van der Waals surface area contributed by atoms with E-state index in [2.05, 4.69) is 23.5 Å². The van der Waals surface area contributed by atoms with Crippen LogP contribution in [0, 0.1) is 11.8 Å². The van der Waals surface area contributed by atoms with Crippen LogP contribution in [0.2, 0.25) is 0 Å². The van der Waals surface area contributed by atoms with E-state index in [9.17, 15) is 19.6 Å². The molecule has 2 fully saturated rings. The fourth-order valence-corrected chi connectivity index (χ4v) is 5.11. The van der Waals surface area contributed by atoms with Crippen LogP contribution in [-0.4, -0.2) is 58.5 Å². The van der Waals surface area contributed by atoms with Crippen LogP contribution >= 0.6 is 0 Å². The molecule has 2 bridgehead atoms. The number of unbranched alkanes of at least 4 members (excludes halogenated alkanes) is 2. The highest BCUT2D eigenvalue weighted by molar-refractivity contribution is 5.83. The molecule has 35 heavy (non-hydrogen) atoms. The quantitative estimate of drug-likeness (QED) is 0.151. The molecule has 1 aromatic carbocycles. The number of aryl methyl sites for hydroxylation is 1. The number of nitrogens with one attached hydrogen (secondary N) is 1. The van der Waals surface area contributed by atoms with Crippen LogP contribution in [0.1, 0.15) is 63.4 Å². The van der Waals surface area contributed by atoms with Crippen molar-refractivity contribution in [3.63, 3.8) is 0 Å². The minimum absolute atomic E-state index is 0.127. The molecule has 2 heterocycles. The molecule has 2 aliphatic rings. The summed E-state index contributed by atoms with van der Waals surface area (Å²) in [6.07, 6.45) is 11.4. The molecular weight excluding hydrogens is 448 g/mol. The molecule has 192 valence electrons. The van der Waals surface area contributed by atoms with E-state index in [1.807, 2.05) is 24.3 Å². The fourth-order valence-electron chi connectivity index (χ4n) is 5.11. The predicted octanol–water partition coefficient (Wildman–Crippen LogP) is 3.73. The predicted molar refractivity (Wildman–Crippen MR) is 131 cm³/mol. The molecule has 0 aromatic heterocycles. The second-order valence-corrected chi connectivity index (χ2v) is 9.56. The number of carboxylic acids is 1. The van der Waals surface area contributed by atoms with Crippen LogP contribution in [-0.2, 0) is 25.5 Å². The van der Waals surface area contributed by atoms with Gasteiger partial charge in [0.1, 0.15) is 6.54 Å². The summed E-state index contributed by atoms with van der Waals surface area (Å²) in [5.41, 5.74) is 1.22. The van der Waals surface area contributed by atoms with Crippen LogP contribution in [0.15, 0.2) is 42.5 Å². The molecule has 0 unspecified atom stereocenters. The smallest absolute Gasteiger partial charge is 0.303 e. The lowest BCUT2D eigenvalue weighted by Crippen LogP contribution is -2.43. The van der Waals surface area contributed by atoms with Gasteiger partial charge in [-0.1, -0.05) is 42.5 Å². The van der Waals surface area contributed by atoms with Gasteiger partial charge in [0.2, 0.25) is 11.8 Å². The average molecular weight is 487 g/mol. The Morgan fingerprint density at radius 1 is 1.00 bits per heavy atom. The number of allylic oxidation sites excluding steroid dienone is 2. The molecule has 4 atom stereocenters. The normalized spacial score (nSPS) is 23.0. The van der Waals surface area contributed by atoms with Gasteiger partial charge in [-0.15, -0.1) is 0 Å². The summed E-state index contributed by atoms with van der Waals surface area (Å²) < 4.78 is 6.07. The van der Waals surface area contributed by atoms with Crippen molar-refractivity contribution < 1.29 is 29.4 Å². The SMILES string of the molecule is O=C(O)CCC/C=C\C[C@H]1[C@@H](CNC(=O)CN(O)C(=O)CCCCc2ccccc2)[C@H]2CC[C@@H]1O2. The van der Waals surface area contributed by atoms with Crippen molar-refractivity contribution in [2.45, 2.75) is 76.4 Å². The molecule has 2 saturated heterocycles. The monoisotopic (exact) mass is 486 g/mol. The minimum Gasteiger partial charge on any atom is -0.481 e. The van der Waals surface area contributed by atoms with E-state index in [0.29, 0.717) is 30.4 Å². The van der Waals surface area contributed by atoms with Crippen LogP contribution in [0.3, 0.4) is 0 Å². The lowest BCUT2D eigenvalue weighted by molar-refractivity contribution is -0.169. The van der Waals surface area contributed by atoms with Crippen molar-refractivity contribution in [1.82, 2.24) is 10.4 Å². The summed E-state index contributed by atoms with van der Waals surface area (Å²) >= 11 is 0. The number of nitrogens with zero attached hydrogens (tertiary/aromatic N) is 1. The van der Waals surface area contributed by atoms with Crippen molar-refractivity contribution in [3.8, 4) is 0 Å². The van der Waals surface area contributed by atoms with Gasteiger partial charge in [-0.05, 0) is 62.8 Å². The number of rotatable bonds is 15. The number of fused-ring (bicyclic) bond motifs is 2. The molecule has 1 aromatic rings. The van der Waals surface area contributed by atoms with E-state index in [1.165, 1.54) is 5.56 Å². The zero-order valence-corrected chi connectivity index (χ0v) is 20.3. The second kappa shape index (κ2) is 14.0. The van der Waals surface area contributed by atoms with Crippen LogP contribution in [0.4, 0.5) is 0 Å². The Labute approximate surface area is 207 Å². The first kappa shape index (κ1) is 26.9. The topological polar surface area (TPSA) is 116 Å². The van der Waals surface area contributed by atoms with Gasteiger partial charge in [0.15, 0.2) is 0 Å². The van der Waals surface area contributed by atoms with Crippen LogP contribution < -0.4 is 5.32 Å². The van der Waals surface area contributed by atoms with Crippen LogP contribution in [0.5, 0.6) is 0 Å². The molecule has 8 heteroatoms. The highest BCUT2D eigenvalue weighted by atomic mass is 16.5. The molecule has 2 amide bonds. The van der Waals surface area contributed by atoms with E-state index in [0.717, 1.165) is 38.5 Å². The number of ether oxygens (including phenoxy) is 1. The third-order valence-electron chi connectivity index (χ3n) is 6.99. The van der Waals surface area contributed by atoms with Gasteiger partial charge in [0, 0.05) is 25.3 Å². The van der Waals surface area contributed by atoms with E-state index < -0.39 is 11.9 Å². The largest absolute Gasteiger partial charge is 0.481 e. The lowest BCUT2D eigenvalue weighted by Gasteiger charge is -2.27. The maximum absolute atomic E-state index is 12.4. The van der Waals surface area contributed by atoms with Crippen molar-refractivity contribution in [2.24, 2.45) is 11.8 Å². The molecule has 3 N–H and O–H groups in total. The minimum atomic E-state index is -0.776. The number of hydroxylamine groups is 2. The van der Waals surface area contributed by atoms with Crippen molar-refractivity contribution >= 4 is 17.8 Å². The van der Waals surface area contributed by atoms with Gasteiger partial charge >= 0.3 is 5.97 Å². The number of hydrogen-bond acceptors (Lipinski definition) is 5. The Kier molecular flexibility index (Phi) is 10.8. The first-order chi connectivity index (χ1) is 16.9. The fraction of sp³-hybridized carbons (Fsp3) is 0.593. The van der Waals surface area contributed by atoms with Crippen LogP contribution in [0.25, 0.3) is 0 Å². The van der Waals surface area contributed by atoms with Gasteiger partial charge in [-0.25, -0.2) is 5.06 Å². The Morgan fingerprint density at radius 3 is 2.49 bits per heavy atom. The molecule has 0 spiro atoms. The Bertz CT molecular complexity index is 858. The molecule has 3 rings (SSSR count). The maximum Gasteiger partial charge on any atom is 0.303 e. The Hall–Kier alpha value is -2.71. The first-order valence-electron chi connectivity index (χ1n) is 12.8. The molecule has 0 radical (unpaired) electrons. The summed E-state index contributed by atoms with van der Waals surface area (Å²) in [7, 11) is 0. The summed E-state index contributed by atoms with van der Waals surface area (Å²) in [6, 6.07) is 10.0. The van der Waals surface area contributed by atoms with Gasteiger partial charge < -0.3 is 15.2 Å². The molecule has 0 saturated carbocycles. The summed E-state index contributed by atoms with van der Waals surface area (Å²) in [5.74, 6) is -1.09. The standard InChI is InChI=1S/C27H38N2O6/c30-25(19-29(34)26(31)14-9-8-12-20-10-4-3-5-11-20)28-18-22-21(23-16-17-24(22)35-23)13-6-1-2-7-15-27(32)33/h1,3-6,10-11,21-24,34H,2,7-9,12-19H2,(H,28,30)(H,32,33)/b6-1-/t21-,22+,23-,24+/m0/s1. The maximum atomic E-state index is 12.4. The number of benzene rings is 1. The summed E-state index contributed by atoms with van der Waals surface area (Å²) in [6.45, 7) is 0.0873. The highest BCUT2D eigenvalue weighted by Gasteiger charge is 2.48. The third kappa shape index (κ3) is 8.78. The van der Waals surface area contributed by atoms with Crippen molar-refractivity contribution in [1.29, 1.82) is 0 Å². The number of amides is 2. The molecule has 8 nitrogen and oxygen atoms in total. The number of carbonyl (C=O) groups excluding carboxylic acids is 2. The number of carbonyl (C=O) groups is 3. The number of aliphatic carboxylic acids is 1. The third-order valence-corrected chi connectivity index (χ3v) is 6.99. The molecular formula is C27H38N2O6. The summed E-state index contributed by atoms with van der Waals surface area (Å²) in [4.78, 5) is 35.1. The van der Waals surface area contributed by atoms with Gasteiger partial charge in [-0.2, -0.15) is 0 Å². The Morgan fingerprint density at radius 2 is 1.74 bits per heavy atom. The highest BCUT2D eigenvalue weighted by Crippen LogP contribution is 2.44. The van der Waals surface area contributed by atoms with Gasteiger partial charge in [0.25, 0.3) is 0 Å². The van der Waals surface area contributed by atoms with E-state index in [4.69, 9.17) is 9.84 Å². The molecule has 0 aliphatic carbocycles. The van der Waals surface area contributed by atoms with Gasteiger partial charge in [-0.3, -0.25) is 19.6 Å². The van der Waals surface area contributed by atoms with E-state index in [-0.39, 0.29) is 43.4 Å². The van der Waals surface area contributed by atoms with E-state index >= 15 is 0 Å². The van der Waals surface area contributed by atoms with E-state index in [1.54, 1.807) is 0 Å². The number of hydrogen-bond donors (Lipinski definition) is 3. The Balaban J connectivity index is 1.33. The average Bonchev–Trinajstić information content (AvgIpc) is 3.45. The van der Waals surface area contributed by atoms with Crippen molar-refractivity contribution in [2.75, 3.05) is 13.1 Å². The zero-order chi connectivity index (χ0) is 25.0. The molecule has 2 aliphatic heterocycles. The van der Waals surface area contributed by atoms with Gasteiger partial charge in [0.05, 0.1) is 12.2 Å². The second-order valence-electron chi connectivity index (χ2n) is 9.56.